The van der Waals surface area contributed by atoms with Gasteiger partial charge < -0.3 is 14.2 Å². The Morgan fingerprint density at radius 2 is 1.41 bits per heavy atom. The lowest BCUT2D eigenvalue weighted by Crippen LogP contribution is -2.04. The molecule has 150 valence electrons. The molecule has 0 spiro atoms. The number of methoxy groups -OCH3 is 1. The SMILES string of the molecule is COc1cc(C)ccc1OCCCCOc1ccc(C(=O)c2ccccc2)cc1. The van der Waals surface area contributed by atoms with E-state index in [0.29, 0.717) is 24.3 Å². The zero-order valence-electron chi connectivity index (χ0n) is 16.9. The highest BCUT2D eigenvalue weighted by molar-refractivity contribution is 6.08. The van der Waals surface area contributed by atoms with E-state index in [1.807, 2.05) is 67.6 Å². The zero-order valence-corrected chi connectivity index (χ0v) is 16.9. The Kier molecular flexibility index (Phi) is 7.28. The molecule has 0 aliphatic carbocycles. The topological polar surface area (TPSA) is 44.8 Å². The molecule has 4 heteroatoms. The largest absolute Gasteiger partial charge is 0.494 e. The average Bonchev–Trinajstić information content (AvgIpc) is 2.77. The van der Waals surface area contributed by atoms with Crippen LogP contribution in [0.5, 0.6) is 17.2 Å². The average molecular weight is 390 g/mol. The van der Waals surface area contributed by atoms with Crippen molar-refractivity contribution < 1.29 is 19.0 Å². The van der Waals surface area contributed by atoms with E-state index >= 15 is 0 Å². The van der Waals surface area contributed by atoms with Gasteiger partial charge in [0.1, 0.15) is 5.75 Å². The summed E-state index contributed by atoms with van der Waals surface area (Å²) in [6.45, 7) is 3.22. The van der Waals surface area contributed by atoms with Crippen molar-refractivity contribution in [3.05, 3.63) is 89.5 Å². The summed E-state index contributed by atoms with van der Waals surface area (Å²) < 4.78 is 16.9. The van der Waals surface area contributed by atoms with E-state index in [1.54, 1.807) is 19.2 Å². The van der Waals surface area contributed by atoms with Gasteiger partial charge in [0.15, 0.2) is 17.3 Å². The van der Waals surface area contributed by atoms with Gasteiger partial charge in [0, 0.05) is 11.1 Å². The van der Waals surface area contributed by atoms with Gasteiger partial charge in [-0.3, -0.25) is 4.79 Å². The lowest BCUT2D eigenvalue weighted by Gasteiger charge is -2.11. The summed E-state index contributed by atoms with van der Waals surface area (Å²) in [5.41, 5.74) is 2.48. The Morgan fingerprint density at radius 3 is 2.10 bits per heavy atom. The number of carbonyl (C=O) groups is 1. The van der Waals surface area contributed by atoms with Crippen LogP contribution in [0.2, 0.25) is 0 Å². The van der Waals surface area contributed by atoms with Gasteiger partial charge in [-0.15, -0.1) is 0 Å². The molecule has 4 nitrogen and oxygen atoms in total. The Balaban J connectivity index is 1.39. The first-order valence-corrected chi connectivity index (χ1v) is 9.77. The first kappa shape index (κ1) is 20.5. The van der Waals surface area contributed by atoms with Gasteiger partial charge in [-0.25, -0.2) is 0 Å². The van der Waals surface area contributed by atoms with Crippen molar-refractivity contribution in [3.8, 4) is 17.2 Å². The lowest BCUT2D eigenvalue weighted by molar-refractivity contribution is 0.103. The predicted octanol–water partition coefficient (Wildman–Crippen LogP) is 5.47. The van der Waals surface area contributed by atoms with Crippen LogP contribution in [0.25, 0.3) is 0 Å². The van der Waals surface area contributed by atoms with Gasteiger partial charge in [-0.05, 0) is 61.7 Å². The van der Waals surface area contributed by atoms with E-state index in [1.165, 1.54) is 0 Å². The summed E-state index contributed by atoms with van der Waals surface area (Å²) in [5, 5.41) is 0. The van der Waals surface area contributed by atoms with Crippen molar-refractivity contribution in [2.45, 2.75) is 19.8 Å². The number of benzene rings is 3. The number of ether oxygens (including phenoxy) is 3. The lowest BCUT2D eigenvalue weighted by atomic mass is 10.0. The number of rotatable bonds is 10. The number of unbranched alkanes of at least 4 members (excludes halogenated alkanes) is 1. The van der Waals surface area contributed by atoms with Crippen LogP contribution < -0.4 is 14.2 Å². The molecule has 0 aliphatic rings. The van der Waals surface area contributed by atoms with Crippen molar-refractivity contribution in [1.82, 2.24) is 0 Å². The molecule has 29 heavy (non-hydrogen) atoms. The molecule has 3 aromatic carbocycles. The standard InChI is InChI=1S/C25H26O4/c1-19-10-15-23(24(18-19)27-2)29-17-7-6-16-28-22-13-11-21(12-14-22)25(26)20-8-4-3-5-9-20/h3-5,8-15,18H,6-7,16-17H2,1-2H3. The van der Waals surface area contributed by atoms with E-state index in [0.717, 1.165) is 35.7 Å². The molecule has 3 rings (SSSR count). The van der Waals surface area contributed by atoms with Gasteiger partial charge in [-0.2, -0.15) is 0 Å². The molecule has 0 aromatic heterocycles. The van der Waals surface area contributed by atoms with Crippen molar-refractivity contribution in [1.29, 1.82) is 0 Å². The summed E-state index contributed by atoms with van der Waals surface area (Å²) >= 11 is 0. The zero-order chi connectivity index (χ0) is 20.5. The van der Waals surface area contributed by atoms with Crippen LogP contribution in [0, 0.1) is 6.92 Å². The normalized spacial score (nSPS) is 10.4. The molecule has 0 radical (unpaired) electrons. The first-order chi connectivity index (χ1) is 14.2. The third kappa shape index (κ3) is 5.85. The quantitative estimate of drug-likeness (QED) is 0.340. The minimum atomic E-state index is 0.0147. The van der Waals surface area contributed by atoms with Gasteiger partial charge in [0.05, 0.1) is 20.3 Å². The molecule has 0 heterocycles. The summed E-state index contributed by atoms with van der Waals surface area (Å²) in [4.78, 5) is 12.4. The van der Waals surface area contributed by atoms with Crippen molar-refractivity contribution in [2.24, 2.45) is 0 Å². The van der Waals surface area contributed by atoms with E-state index < -0.39 is 0 Å². The highest BCUT2D eigenvalue weighted by Gasteiger charge is 2.08. The Bertz CT molecular complexity index is 917. The maximum atomic E-state index is 12.4. The summed E-state index contributed by atoms with van der Waals surface area (Å²) in [6, 6.07) is 22.5. The molecule has 0 saturated heterocycles. The highest BCUT2D eigenvalue weighted by Crippen LogP contribution is 2.27. The van der Waals surface area contributed by atoms with Crippen LogP contribution >= 0.6 is 0 Å². The molecular weight excluding hydrogens is 364 g/mol. The van der Waals surface area contributed by atoms with Crippen molar-refractivity contribution >= 4 is 5.78 Å². The first-order valence-electron chi connectivity index (χ1n) is 9.77. The third-order valence-corrected chi connectivity index (χ3v) is 4.54. The van der Waals surface area contributed by atoms with Crippen LogP contribution in [0.4, 0.5) is 0 Å². The van der Waals surface area contributed by atoms with Gasteiger partial charge >= 0.3 is 0 Å². The number of hydrogen-bond donors (Lipinski definition) is 0. The van der Waals surface area contributed by atoms with Crippen molar-refractivity contribution in [2.75, 3.05) is 20.3 Å². The maximum absolute atomic E-state index is 12.4. The van der Waals surface area contributed by atoms with E-state index in [2.05, 4.69) is 0 Å². The number of carbonyl (C=O) groups excluding carboxylic acids is 1. The maximum Gasteiger partial charge on any atom is 0.193 e. The highest BCUT2D eigenvalue weighted by atomic mass is 16.5. The molecule has 0 N–H and O–H groups in total. The fourth-order valence-electron chi connectivity index (χ4n) is 2.93. The molecular formula is C25H26O4. The van der Waals surface area contributed by atoms with Crippen LogP contribution in [-0.4, -0.2) is 26.1 Å². The Hall–Kier alpha value is -3.27. The number of aryl methyl sites for hydroxylation is 1. The molecule has 0 saturated carbocycles. The summed E-state index contributed by atoms with van der Waals surface area (Å²) in [7, 11) is 1.65. The summed E-state index contributed by atoms with van der Waals surface area (Å²) in [6.07, 6.45) is 1.75. The summed E-state index contributed by atoms with van der Waals surface area (Å²) in [5.74, 6) is 2.29. The number of ketones is 1. The second kappa shape index (κ2) is 10.3. The molecule has 0 amide bonds. The second-order valence-corrected chi connectivity index (χ2v) is 6.78. The Labute approximate surface area is 172 Å². The third-order valence-electron chi connectivity index (χ3n) is 4.54. The number of hydrogen-bond acceptors (Lipinski definition) is 4. The Morgan fingerprint density at radius 1 is 0.759 bits per heavy atom. The molecule has 0 bridgehead atoms. The van der Waals surface area contributed by atoms with E-state index in [4.69, 9.17) is 14.2 Å². The van der Waals surface area contributed by atoms with E-state index in [-0.39, 0.29) is 5.78 Å². The van der Waals surface area contributed by atoms with Gasteiger partial charge in [0.25, 0.3) is 0 Å². The molecule has 0 atom stereocenters. The molecule has 0 aliphatic heterocycles. The van der Waals surface area contributed by atoms with E-state index in [9.17, 15) is 4.79 Å². The smallest absolute Gasteiger partial charge is 0.193 e. The van der Waals surface area contributed by atoms with Gasteiger partial charge in [0.2, 0.25) is 0 Å². The van der Waals surface area contributed by atoms with Crippen LogP contribution in [-0.2, 0) is 0 Å². The minimum Gasteiger partial charge on any atom is -0.494 e. The van der Waals surface area contributed by atoms with Gasteiger partial charge in [-0.1, -0.05) is 36.4 Å². The fraction of sp³-hybridized carbons (Fsp3) is 0.240. The predicted molar refractivity (Wildman–Crippen MR) is 114 cm³/mol. The molecule has 0 unspecified atom stereocenters. The van der Waals surface area contributed by atoms with Crippen LogP contribution in [0.1, 0.15) is 34.3 Å². The molecule has 3 aromatic rings. The molecule has 0 fully saturated rings. The van der Waals surface area contributed by atoms with Crippen LogP contribution in [0.3, 0.4) is 0 Å². The van der Waals surface area contributed by atoms with Crippen molar-refractivity contribution in [3.63, 3.8) is 0 Å². The fourth-order valence-corrected chi connectivity index (χ4v) is 2.93. The second-order valence-electron chi connectivity index (χ2n) is 6.78. The monoisotopic (exact) mass is 390 g/mol. The van der Waals surface area contributed by atoms with Crippen LogP contribution in [0.15, 0.2) is 72.8 Å². The minimum absolute atomic E-state index is 0.0147.